The molecule has 0 amide bonds. The van der Waals surface area contributed by atoms with Gasteiger partial charge in [0, 0.05) is 38.7 Å². The monoisotopic (exact) mass is 339 g/mol. The molecule has 78 valence electrons. The lowest BCUT2D eigenvalue weighted by atomic mass is 10.3. The van der Waals surface area contributed by atoms with Crippen LogP contribution in [0.1, 0.15) is 12.8 Å². The zero-order chi connectivity index (χ0) is 10.6. The van der Waals surface area contributed by atoms with Gasteiger partial charge in [0.15, 0.2) is 0 Å². The SMILES string of the molecule is O=C(O)CCC(N(Br)Br)P(=O)(O)O. The van der Waals surface area contributed by atoms with Crippen LogP contribution in [-0.4, -0.2) is 29.6 Å². The second-order valence-corrected chi connectivity index (χ2v) is 6.52. The lowest BCUT2D eigenvalue weighted by Gasteiger charge is -2.20. The highest BCUT2D eigenvalue weighted by atomic mass is 79.9. The number of hydrogen-bond acceptors (Lipinski definition) is 3. The zero-order valence-electron chi connectivity index (χ0n) is 6.30. The highest BCUT2D eigenvalue weighted by molar-refractivity contribution is 9.21. The Morgan fingerprint density at radius 1 is 1.46 bits per heavy atom. The third-order valence-corrected chi connectivity index (χ3v) is 4.12. The van der Waals surface area contributed by atoms with Crippen LogP contribution >= 0.6 is 39.9 Å². The van der Waals surface area contributed by atoms with E-state index in [1.165, 1.54) is 0 Å². The van der Waals surface area contributed by atoms with Gasteiger partial charge in [0.25, 0.3) is 0 Å². The Bertz CT molecular complexity index is 229. The first kappa shape index (κ1) is 13.5. The van der Waals surface area contributed by atoms with Crippen molar-refractivity contribution in [1.29, 1.82) is 0 Å². The molecule has 0 aromatic rings. The maximum Gasteiger partial charge on any atom is 0.344 e. The highest BCUT2D eigenvalue weighted by Gasteiger charge is 2.32. The van der Waals surface area contributed by atoms with Gasteiger partial charge in [-0.25, -0.2) is 0 Å². The van der Waals surface area contributed by atoms with Crippen LogP contribution < -0.4 is 0 Å². The summed E-state index contributed by atoms with van der Waals surface area (Å²) >= 11 is 5.58. The fraction of sp³-hybridized carbons (Fsp3) is 0.750. The molecule has 1 unspecified atom stereocenters. The van der Waals surface area contributed by atoms with Crippen molar-refractivity contribution in [1.82, 2.24) is 2.95 Å². The van der Waals surface area contributed by atoms with Gasteiger partial charge < -0.3 is 14.9 Å². The Kier molecular flexibility index (Phi) is 5.65. The molecule has 13 heavy (non-hydrogen) atoms. The van der Waals surface area contributed by atoms with Gasteiger partial charge in [-0.05, 0) is 6.42 Å². The van der Waals surface area contributed by atoms with Crippen LogP contribution in [0.5, 0.6) is 0 Å². The van der Waals surface area contributed by atoms with Crippen LogP contribution in [0.15, 0.2) is 0 Å². The number of carboxylic acids is 1. The van der Waals surface area contributed by atoms with E-state index in [4.69, 9.17) is 14.9 Å². The molecule has 0 aromatic carbocycles. The molecule has 0 heterocycles. The average molecular weight is 341 g/mol. The molecular formula is C4H8Br2NO5P. The maximum atomic E-state index is 10.8. The molecule has 0 rings (SSSR count). The van der Waals surface area contributed by atoms with Crippen molar-refractivity contribution in [3.05, 3.63) is 0 Å². The van der Waals surface area contributed by atoms with Crippen molar-refractivity contribution in [2.24, 2.45) is 0 Å². The summed E-state index contributed by atoms with van der Waals surface area (Å²) in [6, 6.07) is 0. The Morgan fingerprint density at radius 2 is 1.92 bits per heavy atom. The van der Waals surface area contributed by atoms with Crippen LogP contribution in [0, 0.1) is 0 Å². The van der Waals surface area contributed by atoms with E-state index in [-0.39, 0.29) is 12.8 Å². The Balaban J connectivity index is 4.29. The predicted molar refractivity (Wildman–Crippen MR) is 52.4 cm³/mol. The minimum absolute atomic E-state index is 0.143. The second kappa shape index (κ2) is 5.43. The minimum Gasteiger partial charge on any atom is -0.481 e. The molecule has 0 aromatic heterocycles. The number of aliphatic carboxylic acids is 1. The van der Waals surface area contributed by atoms with Crippen LogP contribution in [-0.2, 0) is 9.36 Å². The molecular weight excluding hydrogens is 333 g/mol. The summed E-state index contributed by atoms with van der Waals surface area (Å²) in [6.45, 7) is 0. The zero-order valence-corrected chi connectivity index (χ0v) is 10.4. The van der Waals surface area contributed by atoms with Crippen molar-refractivity contribution in [2.45, 2.75) is 18.6 Å². The summed E-state index contributed by atoms with van der Waals surface area (Å²) in [4.78, 5) is 27.7. The standard InChI is InChI=1S/C4H8Br2NO5P/c5-7(6)3(13(10,11)12)1-2-4(8)9/h3H,1-2H2,(H,8,9)(H2,10,11,12). The van der Waals surface area contributed by atoms with E-state index >= 15 is 0 Å². The molecule has 0 saturated heterocycles. The second-order valence-electron chi connectivity index (χ2n) is 2.26. The summed E-state index contributed by atoms with van der Waals surface area (Å²) in [5.74, 6) is -2.27. The summed E-state index contributed by atoms with van der Waals surface area (Å²) in [6.07, 6.45) is -0.445. The number of carboxylic acid groups (broad SMARTS) is 1. The summed E-state index contributed by atoms with van der Waals surface area (Å²) in [7, 11) is -4.32. The third-order valence-electron chi connectivity index (χ3n) is 1.23. The molecule has 0 spiro atoms. The molecule has 6 nitrogen and oxygen atoms in total. The average Bonchev–Trinajstić information content (AvgIpc) is 1.81. The van der Waals surface area contributed by atoms with Gasteiger partial charge in [0.1, 0.15) is 5.78 Å². The first-order valence-electron chi connectivity index (χ1n) is 3.13. The number of halogens is 2. The van der Waals surface area contributed by atoms with E-state index in [0.29, 0.717) is 0 Å². The van der Waals surface area contributed by atoms with Gasteiger partial charge in [0.05, 0.1) is 0 Å². The molecule has 0 aliphatic heterocycles. The molecule has 0 fully saturated rings. The normalized spacial score (nSPS) is 14.5. The van der Waals surface area contributed by atoms with Crippen LogP contribution in [0.25, 0.3) is 0 Å². The maximum absolute atomic E-state index is 10.8. The predicted octanol–water partition coefficient (Wildman–Crippen LogP) is 1.28. The number of rotatable bonds is 5. The van der Waals surface area contributed by atoms with E-state index in [0.717, 1.165) is 2.95 Å². The lowest BCUT2D eigenvalue weighted by Crippen LogP contribution is -2.19. The Morgan fingerprint density at radius 3 is 2.15 bits per heavy atom. The molecule has 0 radical (unpaired) electrons. The summed E-state index contributed by atoms with van der Waals surface area (Å²) in [5, 5.41) is 8.31. The van der Waals surface area contributed by atoms with Gasteiger partial charge >= 0.3 is 13.6 Å². The van der Waals surface area contributed by atoms with Crippen LogP contribution in [0.2, 0.25) is 0 Å². The summed E-state index contributed by atoms with van der Waals surface area (Å²) < 4.78 is 11.7. The van der Waals surface area contributed by atoms with E-state index in [2.05, 4.69) is 32.3 Å². The van der Waals surface area contributed by atoms with Gasteiger partial charge in [-0.15, -0.1) is 0 Å². The topological polar surface area (TPSA) is 98.1 Å². The first-order valence-corrected chi connectivity index (χ1v) is 6.23. The van der Waals surface area contributed by atoms with Crippen LogP contribution in [0.3, 0.4) is 0 Å². The van der Waals surface area contributed by atoms with Gasteiger partial charge in [-0.2, -0.15) is 2.95 Å². The Hall–Kier alpha value is 0.540. The quantitative estimate of drug-likeness (QED) is 0.515. The fourth-order valence-electron chi connectivity index (χ4n) is 0.632. The van der Waals surface area contributed by atoms with Crippen LogP contribution in [0.4, 0.5) is 0 Å². The first-order chi connectivity index (χ1) is 5.75. The van der Waals surface area contributed by atoms with Crippen molar-refractivity contribution in [2.75, 3.05) is 0 Å². The Labute approximate surface area is 91.8 Å². The highest BCUT2D eigenvalue weighted by Crippen LogP contribution is 2.47. The van der Waals surface area contributed by atoms with Gasteiger partial charge in [-0.1, -0.05) is 0 Å². The molecule has 0 aliphatic carbocycles. The van der Waals surface area contributed by atoms with E-state index in [1.807, 2.05) is 0 Å². The smallest absolute Gasteiger partial charge is 0.344 e. The van der Waals surface area contributed by atoms with Crippen molar-refractivity contribution in [3.8, 4) is 0 Å². The van der Waals surface area contributed by atoms with Crippen molar-refractivity contribution < 1.29 is 24.3 Å². The van der Waals surface area contributed by atoms with Crippen molar-refractivity contribution >= 4 is 45.9 Å². The molecule has 9 heteroatoms. The molecule has 0 bridgehead atoms. The van der Waals surface area contributed by atoms with Gasteiger partial charge in [0.2, 0.25) is 0 Å². The van der Waals surface area contributed by atoms with E-state index < -0.39 is 19.3 Å². The molecule has 0 saturated carbocycles. The largest absolute Gasteiger partial charge is 0.481 e. The number of carbonyl (C=O) groups is 1. The number of hydrogen-bond donors (Lipinski definition) is 3. The van der Waals surface area contributed by atoms with E-state index in [1.54, 1.807) is 0 Å². The minimum atomic E-state index is -4.32. The summed E-state index contributed by atoms with van der Waals surface area (Å²) in [5.41, 5.74) is 0. The third kappa shape index (κ3) is 5.77. The van der Waals surface area contributed by atoms with Crippen molar-refractivity contribution in [3.63, 3.8) is 0 Å². The van der Waals surface area contributed by atoms with Gasteiger partial charge in [-0.3, -0.25) is 9.36 Å². The molecule has 1 atom stereocenters. The molecule has 3 N–H and O–H groups in total. The number of nitrogens with zero attached hydrogens (tertiary/aromatic N) is 1. The fourth-order valence-corrected chi connectivity index (χ4v) is 3.17. The lowest BCUT2D eigenvalue weighted by molar-refractivity contribution is -0.137. The van der Waals surface area contributed by atoms with E-state index in [9.17, 15) is 9.36 Å². The molecule has 0 aliphatic rings.